The number of ether oxygens (including phenoxy) is 1. The monoisotopic (exact) mass is 356 g/mol. The summed E-state index contributed by atoms with van der Waals surface area (Å²) >= 11 is 0. The number of aliphatic carboxylic acids is 1. The highest BCUT2D eigenvalue weighted by Crippen LogP contribution is 2.17. The van der Waals surface area contributed by atoms with Crippen LogP contribution < -0.4 is 15.4 Å². The lowest BCUT2D eigenvalue weighted by atomic mass is 10.0. The van der Waals surface area contributed by atoms with Gasteiger partial charge in [-0.3, -0.25) is 9.59 Å². The van der Waals surface area contributed by atoms with E-state index < -0.39 is 17.9 Å². The highest BCUT2D eigenvalue weighted by atomic mass is 16.5. The van der Waals surface area contributed by atoms with Crippen molar-refractivity contribution in [3.05, 3.63) is 59.7 Å². The fourth-order valence-corrected chi connectivity index (χ4v) is 2.45. The van der Waals surface area contributed by atoms with Gasteiger partial charge >= 0.3 is 5.97 Å². The number of carboxylic acids is 1. The third-order valence-electron chi connectivity index (χ3n) is 3.66. The van der Waals surface area contributed by atoms with Gasteiger partial charge in [0.25, 0.3) is 5.91 Å². The average molecular weight is 356 g/mol. The molecule has 0 fully saturated rings. The van der Waals surface area contributed by atoms with Crippen molar-refractivity contribution in [1.82, 2.24) is 5.32 Å². The van der Waals surface area contributed by atoms with Gasteiger partial charge in [-0.2, -0.15) is 0 Å². The normalized spacial score (nSPS) is 11.3. The molecule has 0 aromatic heterocycles. The van der Waals surface area contributed by atoms with E-state index in [0.717, 1.165) is 0 Å². The van der Waals surface area contributed by atoms with Crippen LogP contribution in [0.3, 0.4) is 0 Å². The lowest BCUT2D eigenvalue weighted by molar-refractivity contribution is -0.139. The van der Waals surface area contributed by atoms with E-state index in [4.69, 9.17) is 4.74 Å². The fraction of sp³-hybridized carbons (Fsp3) is 0.211. The van der Waals surface area contributed by atoms with Gasteiger partial charge < -0.3 is 20.5 Å². The lowest BCUT2D eigenvalue weighted by Crippen LogP contribution is -2.42. The molecule has 2 amide bonds. The first-order chi connectivity index (χ1) is 12.4. The van der Waals surface area contributed by atoms with Crippen molar-refractivity contribution < 1.29 is 24.2 Å². The molecule has 3 N–H and O–H groups in total. The van der Waals surface area contributed by atoms with Crippen molar-refractivity contribution in [1.29, 1.82) is 0 Å². The van der Waals surface area contributed by atoms with Gasteiger partial charge in [0.15, 0.2) is 0 Å². The van der Waals surface area contributed by atoms with Crippen molar-refractivity contribution >= 4 is 23.5 Å². The predicted molar refractivity (Wildman–Crippen MR) is 96.3 cm³/mol. The van der Waals surface area contributed by atoms with Crippen molar-refractivity contribution in [3.63, 3.8) is 0 Å². The minimum atomic E-state index is -1.15. The topological polar surface area (TPSA) is 105 Å². The SMILES string of the molecule is COc1cccc(C[C@@H](NC(=O)c2ccccc2NC(C)=O)C(=O)O)c1. The molecule has 26 heavy (non-hydrogen) atoms. The summed E-state index contributed by atoms with van der Waals surface area (Å²) in [6, 6.07) is 12.3. The minimum absolute atomic E-state index is 0.0978. The van der Waals surface area contributed by atoms with Crippen LogP contribution in [-0.4, -0.2) is 36.0 Å². The smallest absolute Gasteiger partial charge is 0.326 e. The number of methoxy groups -OCH3 is 1. The Morgan fingerprint density at radius 3 is 2.50 bits per heavy atom. The van der Waals surface area contributed by atoms with Crippen molar-refractivity contribution in [2.24, 2.45) is 0 Å². The third-order valence-corrected chi connectivity index (χ3v) is 3.66. The molecule has 0 bridgehead atoms. The van der Waals surface area contributed by atoms with E-state index in [9.17, 15) is 19.5 Å². The Balaban J connectivity index is 2.18. The number of anilines is 1. The highest BCUT2D eigenvalue weighted by Gasteiger charge is 2.22. The number of carboxylic acid groups (broad SMARTS) is 1. The first-order valence-electron chi connectivity index (χ1n) is 7.94. The number of rotatable bonds is 7. The highest BCUT2D eigenvalue weighted by molar-refractivity contribution is 6.04. The summed E-state index contributed by atoms with van der Waals surface area (Å²) in [5, 5.41) is 14.5. The molecule has 0 aliphatic carbocycles. The van der Waals surface area contributed by atoms with Crippen LogP contribution in [-0.2, 0) is 16.0 Å². The van der Waals surface area contributed by atoms with E-state index in [2.05, 4.69) is 10.6 Å². The molecule has 136 valence electrons. The number of carbonyl (C=O) groups is 3. The molecule has 0 saturated carbocycles. The maximum Gasteiger partial charge on any atom is 0.326 e. The van der Waals surface area contributed by atoms with Gasteiger partial charge in [0, 0.05) is 13.3 Å². The molecule has 2 rings (SSSR count). The molecule has 0 aliphatic rings. The Bertz CT molecular complexity index is 819. The molecule has 0 radical (unpaired) electrons. The second kappa shape index (κ2) is 8.66. The molecule has 0 saturated heterocycles. The summed E-state index contributed by atoms with van der Waals surface area (Å²) in [6.45, 7) is 1.33. The molecule has 0 spiro atoms. The van der Waals surface area contributed by atoms with Gasteiger partial charge in [-0.1, -0.05) is 24.3 Å². The zero-order chi connectivity index (χ0) is 19.1. The van der Waals surface area contributed by atoms with Crippen molar-refractivity contribution in [3.8, 4) is 5.75 Å². The predicted octanol–water partition coefficient (Wildman–Crippen LogP) is 2.08. The Hall–Kier alpha value is -3.35. The average Bonchev–Trinajstić information content (AvgIpc) is 2.61. The summed E-state index contributed by atoms with van der Waals surface area (Å²) in [6.07, 6.45) is 0.0978. The van der Waals surface area contributed by atoms with Crippen LogP contribution in [0, 0.1) is 0 Å². The van der Waals surface area contributed by atoms with E-state index >= 15 is 0 Å². The van der Waals surface area contributed by atoms with Crippen molar-refractivity contribution in [2.45, 2.75) is 19.4 Å². The molecule has 0 heterocycles. The zero-order valence-electron chi connectivity index (χ0n) is 14.5. The fourth-order valence-electron chi connectivity index (χ4n) is 2.45. The number of carbonyl (C=O) groups excluding carboxylic acids is 2. The van der Waals surface area contributed by atoms with E-state index in [0.29, 0.717) is 17.0 Å². The first kappa shape index (κ1) is 19.0. The van der Waals surface area contributed by atoms with Crippen LogP contribution in [0.15, 0.2) is 48.5 Å². The summed E-state index contributed by atoms with van der Waals surface area (Å²) in [5.41, 5.74) is 1.23. The van der Waals surface area contributed by atoms with Crippen molar-refractivity contribution in [2.75, 3.05) is 12.4 Å². The van der Waals surface area contributed by atoms with Gasteiger partial charge in [0.1, 0.15) is 11.8 Å². The molecule has 7 heteroatoms. The van der Waals surface area contributed by atoms with Gasteiger partial charge in [-0.05, 0) is 29.8 Å². The molecule has 7 nitrogen and oxygen atoms in total. The second-order valence-corrected chi connectivity index (χ2v) is 5.65. The maximum absolute atomic E-state index is 12.5. The zero-order valence-corrected chi connectivity index (χ0v) is 14.5. The minimum Gasteiger partial charge on any atom is -0.497 e. The number of amides is 2. The molecule has 2 aromatic rings. The molecule has 1 atom stereocenters. The number of hydrogen-bond acceptors (Lipinski definition) is 4. The maximum atomic E-state index is 12.5. The van der Waals surface area contributed by atoms with Crippen LogP contribution in [0.2, 0.25) is 0 Å². The Morgan fingerprint density at radius 1 is 1.12 bits per heavy atom. The van der Waals surface area contributed by atoms with E-state index in [-0.39, 0.29) is 17.9 Å². The first-order valence-corrected chi connectivity index (χ1v) is 7.94. The van der Waals surface area contributed by atoms with Crippen LogP contribution in [0.5, 0.6) is 5.75 Å². The van der Waals surface area contributed by atoms with Gasteiger partial charge in [0.05, 0.1) is 18.4 Å². The van der Waals surface area contributed by atoms with E-state index in [1.165, 1.54) is 20.1 Å². The van der Waals surface area contributed by atoms with Gasteiger partial charge in [-0.15, -0.1) is 0 Å². The Morgan fingerprint density at radius 2 is 1.85 bits per heavy atom. The van der Waals surface area contributed by atoms with Crippen LogP contribution in [0.25, 0.3) is 0 Å². The van der Waals surface area contributed by atoms with Gasteiger partial charge in [-0.25, -0.2) is 4.79 Å². The largest absolute Gasteiger partial charge is 0.497 e. The van der Waals surface area contributed by atoms with E-state index in [1.54, 1.807) is 42.5 Å². The van der Waals surface area contributed by atoms with Gasteiger partial charge in [0.2, 0.25) is 5.91 Å². The number of para-hydroxylation sites is 1. The molecule has 2 aromatic carbocycles. The summed E-state index contributed by atoms with van der Waals surface area (Å²) < 4.78 is 5.13. The summed E-state index contributed by atoms with van der Waals surface area (Å²) in [5.74, 6) is -1.45. The quantitative estimate of drug-likeness (QED) is 0.704. The Kier molecular flexibility index (Phi) is 6.32. The molecule has 0 unspecified atom stereocenters. The summed E-state index contributed by atoms with van der Waals surface area (Å²) in [4.78, 5) is 35.4. The number of hydrogen-bond donors (Lipinski definition) is 3. The summed E-state index contributed by atoms with van der Waals surface area (Å²) in [7, 11) is 1.52. The number of nitrogens with one attached hydrogen (secondary N) is 2. The van der Waals surface area contributed by atoms with Crippen LogP contribution in [0.4, 0.5) is 5.69 Å². The standard InChI is InChI=1S/C19H20N2O5/c1-12(22)20-16-9-4-3-8-15(16)18(23)21-17(19(24)25)11-13-6-5-7-14(10-13)26-2/h3-10,17H,11H2,1-2H3,(H,20,22)(H,21,23)(H,24,25)/t17-/m1/s1. The Labute approximate surface area is 151 Å². The molecular formula is C19H20N2O5. The van der Waals surface area contributed by atoms with Crippen LogP contribution >= 0.6 is 0 Å². The molecular weight excluding hydrogens is 336 g/mol. The molecule has 0 aliphatic heterocycles. The third kappa shape index (κ3) is 5.07. The lowest BCUT2D eigenvalue weighted by Gasteiger charge is -2.16. The number of benzene rings is 2. The second-order valence-electron chi connectivity index (χ2n) is 5.65. The van der Waals surface area contributed by atoms with Crippen LogP contribution in [0.1, 0.15) is 22.8 Å². The van der Waals surface area contributed by atoms with E-state index in [1.807, 2.05) is 0 Å².